The second-order valence-electron chi connectivity index (χ2n) is 2.26. The van der Waals surface area contributed by atoms with E-state index < -0.39 is 0 Å². The predicted octanol–water partition coefficient (Wildman–Crippen LogP) is 1.08. The highest BCUT2D eigenvalue weighted by Gasteiger charge is 1.71. The summed E-state index contributed by atoms with van der Waals surface area (Å²) in [5, 5.41) is 1.59. The first-order valence-corrected chi connectivity index (χ1v) is 3.13. The number of nitrogens with zero attached hydrogens (tertiary/aromatic N) is 2. The van der Waals surface area contributed by atoms with Crippen molar-refractivity contribution in [2.24, 2.45) is 0 Å². The maximum Gasteiger partial charge on any atom is 0.0260 e. The Balaban J connectivity index is -0.0000000910. The summed E-state index contributed by atoms with van der Waals surface area (Å²) in [5.41, 5.74) is 0. The van der Waals surface area contributed by atoms with Gasteiger partial charge in [0.25, 0.3) is 0 Å². The van der Waals surface area contributed by atoms with Crippen molar-refractivity contribution in [1.29, 1.82) is 0 Å². The van der Waals surface area contributed by atoms with Crippen LogP contribution in [0.25, 0.3) is 0 Å². The highest BCUT2D eigenvalue weighted by atomic mass is 31.0. The average Bonchev–Trinajstić information content (AvgIpc) is 1.65. The van der Waals surface area contributed by atoms with Gasteiger partial charge in [-0.15, -0.1) is 0 Å². The molecule has 0 aromatic carbocycles. The average molecular weight is 168 g/mol. The van der Waals surface area contributed by atoms with Gasteiger partial charge in [0.05, 0.1) is 0 Å². The molecule has 0 saturated carbocycles. The SMILES string of the molecule is C.CN(C)C.CN(C)OP. The highest BCUT2D eigenvalue weighted by molar-refractivity contribution is 7.09. The molecule has 0 amide bonds. The van der Waals surface area contributed by atoms with Crippen molar-refractivity contribution in [1.82, 2.24) is 9.96 Å². The molecule has 0 bridgehead atoms. The predicted molar refractivity (Wildman–Crippen MR) is 50.8 cm³/mol. The van der Waals surface area contributed by atoms with Gasteiger partial charge in [-0.05, 0) is 21.1 Å². The summed E-state index contributed by atoms with van der Waals surface area (Å²) < 4.78 is 4.50. The molecule has 0 heterocycles. The smallest absolute Gasteiger partial charge is 0.0260 e. The van der Waals surface area contributed by atoms with Gasteiger partial charge in [0.15, 0.2) is 0 Å². The largest absolute Gasteiger partial charge is 0.312 e. The Morgan fingerprint density at radius 3 is 1.10 bits per heavy atom. The molecule has 0 aromatic rings. The summed E-state index contributed by atoms with van der Waals surface area (Å²) in [7, 11) is 11.7. The Hall–Kier alpha value is 0.310. The number of hydrogen-bond acceptors (Lipinski definition) is 3. The topological polar surface area (TPSA) is 15.7 Å². The molecule has 0 saturated heterocycles. The Morgan fingerprint density at radius 2 is 1.10 bits per heavy atom. The molecule has 1 atom stereocenters. The van der Waals surface area contributed by atoms with Gasteiger partial charge in [0.2, 0.25) is 0 Å². The maximum absolute atomic E-state index is 4.50. The van der Waals surface area contributed by atoms with E-state index in [-0.39, 0.29) is 7.43 Å². The van der Waals surface area contributed by atoms with Crippen LogP contribution in [0.1, 0.15) is 7.43 Å². The molecule has 66 valence electrons. The van der Waals surface area contributed by atoms with Gasteiger partial charge >= 0.3 is 0 Å². The molecule has 10 heavy (non-hydrogen) atoms. The van der Waals surface area contributed by atoms with E-state index >= 15 is 0 Å². The minimum atomic E-state index is 0. The van der Waals surface area contributed by atoms with Crippen LogP contribution in [-0.2, 0) is 4.62 Å². The fourth-order valence-corrected chi connectivity index (χ4v) is 0. The van der Waals surface area contributed by atoms with Crippen molar-refractivity contribution < 1.29 is 4.62 Å². The van der Waals surface area contributed by atoms with E-state index in [1.54, 1.807) is 5.06 Å². The van der Waals surface area contributed by atoms with E-state index in [1.807, 2.05) is 40.1 Å². The normalized spacial score (nSPS) is 8.40. The van der Waals surface area contributed by atoms with Crippen molar-refractivity contribution in [3.63, 3.8) is 0 Å². The first-order valence-electron chi connectivity index (χ1n) is 2.65. The van der Waals surface area contributed by atoms with Crippen LogP contribution in [0.3, 0.4) is 0 Å². The second kappa shape index (κ2) is 12.0. The molecule has 0 radical (unpaired) electrons. The highest BCUT2D eigenvalue weighted by Crippen LogP contribution is 1.83. The van der Waals surface area contributed by atoms with Crippen LogP contribution in [-0.4, -0.2) is 45.2 Å². The van der Waals surface area contributed by atoms with Crippen molar-refractivity contribution in [3.05, 3.63) is 0 Å². The summed E-state index contributed by atoms with van der Waals surface area (Å²) >= 11 is 0. The lowest BCUT2D eigenvalue weighted by molar-refractivity contribution is 0.0209. The molecule has 0 aliphatic rings. The minimum absolute atomic E-state index is 0. The zero-order valence-electron chi connectivity index (χ0n) is 6.88. The third kappa shape index (κ3) is 83.2. The first kappa shape index (κ1) is 16.7. The number of rotatable bonds is 1. The second-order valence-corrected chi connectivity index (χ2v) is 2.47. The molecule has 0 N–H and O–H groups in total. The van der Waals surface area contributed by atoms with E-state index in [0.717, 1.165) is 0 Å². The molecule has 0 aliphatic carbocycles. The van der Waals surface area contributed by atoms with E-state index in [0.29, 0.717) is 0 Å². The lowest BCUT2D eigenvalue weighted by Crippen LogP contribution is -2.03. The van der Waals surface area contributed by atoms with Crippen molar-refractivity contribution >= 4 is 9.47 Å². The molecular weight excluding hydrogens is 147 g/mol. The van der Waals surface area contributed by atoms with Crippen LogP contribution in [0.4, 0.5) is 0 Å². The van der Waals surface area contributed by atoms with Crippen LogP contribution >= 0.6 is 9.47 Å². The van der Waals surface area contributed by atoms with Crippen LogP contribution in [0.5, 0.6) is 0 Å². The van der Waals surface area contributed by atoms with Crippen LogP contribution in [0.15, 0.2) is 0 Å². The molecule has 0 spiro atoms. The van der Waals surface area contributed by atoms with E-state index in [4.69, 9.17) is 0 Å². The third-order valence-electron chi connectivity index (χ3n) is 0.211. The van der Waals surface area contributed by atoms with Gasteiger partial charge in [0, 0.05) is 23.6 Å². The summed E-state index contributed by atoms with van der Waals surface area (Å²) in [6.07, 6.45) is 0. The molecule has 1 unspecified atom stereocenters. The van der Waals surface area contributed by atoms with Crippen molar-refractivity contribution in [2.75, 3.05) is 35.2 Å². The van der Waals surface area contributed by atoms with Crippen LogP contribution < -0.4 is 0 Å². The molecule has 0 aliphatic heterocycles. The standard InChI is InChI=1S/C3H9N.C2H8NOP.CH4/c1-4(2)3;1-3(2)4-5;/h1-3H3;5H2,1-2H3;1H4. The summed E-state index contributed by atoms with van der Waals surface area (Å²) in [5.74, 6) is 0. The molecule has 4 heteroatoms. The zero-order chi connectivity index (χ0) is 7.86. The fourth-order valence-electron chi connectivity index (χ4n) is 0. The summed E-state index contributed by atoms with van der Waals surface area (Å²) in [4.78, 5) is 2.00. The quantitative estimate of drug-likeness (QED) is 0.430. The first-order chi connectivity index (χ1) is 4.00. The molecule has 0 aromatic heterocycles. The van der Waals surface area contributed by atoms with Gasteiger partial charge in [-0.25, -0.2) is 0 Å². The number of hydrogen-bond donors (Lipinski definition) is 0. The number of hydroxylamine groups is 2. The lowest BCUT2D eigenvalue weighted by Gasteiger charge is -2.00. The molecule has 3 nitrogen and oxygen atoms in total. The Morgan fingerprint density at radius 1 is 1.00 bits per heavy atom. The minimum Gasteiger partial charge on any atom is -0.312 e. The van der Waals surface area contributed by atoms with Gasteiger partial charge in [0.1, 0.15) is 0 Å². The zero-order valence-corrected chi connectivity index (χ0v) is 8.03. The Bertz CT molecular complexity index is 48.3. The molecular formula is C6H21N2OP. The molecule has 0 rings (SSSR count). The molecule has 0 fully saturated rings. The van der Waals surface area contributed by atoms with E-state index in [1.165, 1.54) is 0 Å². The Kier molecular flexibility index (Phi) is 20.1. The lowest BCUT2D eigenvalue weighted by atomic mass is 11.0. The van der Waals surface area contributed by atoms with Gasteiger partial charge < -0.3 is 4.90 Å². The van der Waals surface area contributed by atoms with Crippen molar-refractivity contribution in [3.8, 4) is 0 Å². The van der Waals surface area contributed by atoms with Gasteiger partial charge in [-0.1, -0.05) is 7.43 Å². The van der Waals surface area contributed by atoms with Crippen molar-refractivity contribution in [2.45, 2.75) is 7.43 Å². The van der Waals surface area contributed by atoms with Crippen LogP contribution in [0, 0.1) is 0 Å². The van der Waals surface area contributed by atoms with Crippen LogP contribution in [0.2, 0.25) is 0 Å². The maximum atomic E-state index is 4.50. The van der Waals surface area contributed by atoms with E-state index in [2.05, 4.69) is 14.1 Å². The van der Waals surface area contributed by atoms with Gasteiger partial charge in [-0.2, -0.15) is 5.06 Å². The summed E-state index contributed by atoms with van der Waals surface area (Å²) in [6, 6.07) is 0. The van der Waals surface area contributed by atoms with Gasteiger partial charge in [-0.3, -0.25) is 4.62 Å². The Labute approximate surface area is 67.6 Å². The fraction of sp³-hybridized carbons (Fsp3) is 1.00. The third-order valence-corrected chi connectivity index (χ3v) is 0.632. The summed E-state index contributed by atoms with van der Waals surface area (Å²) in [6.45, 7) is 0. The van der Waals surface area contributed by atoms with E-state index in [9.17, 15) is 0 Å². The monoisotopic (exact) mass is 168 g/mol.